The molecule has 3 aromatic rings. The van der Waals surface area contributed by atoms with Crippen molar-refractivity contribution < 1.29 is 15.0 Å². The Bertz CT molecular complexity index is 1040. The summed E-state index contributed by atoms with van der Waals surface area (Å²) >= 11 is 0. The summed E-state index contributed by atoms with van der Waals surface area (Å²) in [5, 5.41) is 25.7. The zero-order chi connectivity index (χ0) is 23.6. The molecule has 0 saturated carbocycles. The Labute approximate surface area is 196 Å². The summed E-state index contributed by atoms with van der Waals surface area (Å²) < 4.78 is 0. The zero-order valence-corrected chi connectivity index (χ0v) is 19.4. The minimum Gasteiger partial charge on any atom is -0.508 e. The molecular formula is C28H34N2O3. The van der Waals surface area contributed by atoms with Gasteiger partial charge in [-0.15, -0.1) is 0 Å². The molecule has 174 valence electrons. The first kappa shape index (κ1) is 24.5. The Morgan fingerprint density at radius 2 is 1.64 bits per heavy atom. The number of aromatic hydroxyl groups is 1. The highest BCUT2D eigenvalue weighted by Crippen LogP contribution is 2.23. The molecule has 0 bridgehead atoms. The normalized spacial score (nSPS) is 12.8. The van der Waals surface area contributed by atoms with Gasteiger partial charge in [0.05, 0.1) is 13.0 Å². The van der Waals surface area contributed by atoms with Crippen molar-refractivity contribution in [2.45, 2.75) is 51.8 Å². The lowest BCUT2D eigenvalue weighted by molar-refractivity contribution is -0.120. The van der Waals surface area contributed by atoms with E-state index < -0.39 is 0 Å². The number of nitrogens with one attached hydrogen (secondary N) is 2. The Balaban J connectivity index is 1.47. The first-order chi connectivity index (χ1) is 15.9. The molecule has 0 aliphatic rings. The molecule has 33 heavy (non-hydrogen) atoms. The van der Waals surface area contributed by atoms with Crippen LogP contribution in [-0.2, 0) is 30.8 Å². The number of hydrogen-bond donors (Lipinski definition) is 4. The van der Waals surface area contributed by atoms with E-state index in [1.54, 1.807) is 6.07 Å². The van der Waals surface area contributed by atoms with Gasteiger partial charge in [0.25, 0.3) is 0 Å². The average molecular weight is 447 g/mol. The molecule has 0 aliphatic carbocycles. The lowest BCUT2D eigenvalue weighted by Crippen LogP contribution is -2.31. The molecule has 1 amide bonds. The van der Waals surface area contributed by atoms with E-state index in [-0.39, 0.29) is 30.2 Å². The fourth-order valence-electron chi connectivity index (χ4n) is 3.87. The molecule has 0 aliphatic heterocycles. The van der Waals surface area contributed by atoms with E-state index in [0.29, 0.717) is 18.5 Å². The van der Waals surface area contributed by atoms with Crippen molar-refractivity contribution in [3.8, 4) is 5.75 Å². The van der Waals surface area contributed by atoms with E-state index >= 15 is 0 Å². The molecular weight excluding hydrogens is 412 g/mol. The van der Waals surface area contributed by atoms with Gasteiger partial charge in [0, 0.05) is 24.7 Å². The van der Waals surface area contributed by atoms with Gasteiger partial charge in [-0.3, -0.25) is 4.79 Å². The molecule has 4 N–H and O–H groups in total. The van der Waals surface area contributed by atoms with Crippen LogP contribution in [0.15, 0.2) is 72.8 Å². The maximum atomic E-state index is 12.3. The van der Waals surface area contributed by atoms with Crippen LogP contribution in [0.4, 0.5) is 0 Å². The Morgan fingerprint density at radius 1 is 0.909 bits per heavy atom. The predicted octanol–water partition coefficient (Wildman–Crippen LogP) is 4.07. The highest BCUT2D eigenvalue weighted by molar-refractivity contribution is 5.78. The summed E-state index contributed by atoms with van der Waals surface area (Å²) in [7, 11) is 0. The third-order valence-corrected chi connectivity index (χ3v) is 5.85. The summed E-state index contributed by atoms with van der Waals surface area (Å²) in [6.45, 7) is 5.44. The van der Waals surface area contributed by atoms with Crippen LogP contribution in [0.2, 0.25) is 0 Å². The quantitative estimate of drug-likeness (QED) is 0.358. The Kier molecular flexibility index (Phi) is 9.04. The van der Waals surface area contributed by atoms with Gasteiger partial charge in [0.15, 0.2) is 0 Å². The number of benzene rings is 3. The monoisotopic (exact) mass is 446 g/mol. The first-order valence-corrected chi connectivity index (χ1v) is 11.5. The zero-order valence-electron chi connectivity index (χ0n) is 19.4. The molecule has 3 aromatic carbocycles. The van der Waals surface area contributed by atoms with Crippen molar-refractivity contribution >= 4 is 5.91 Å². The summed E-state index contributed by atoms with van der Waals surface area (Å²) in [5.41, 5.74) is 4.94. The van der Waals surface area contributed by atoms with Gasteiger partial charge in [-0.1, -0.05) is 67.6 Å². The lowest BCUT2D eigenvalue weighted by Gasteiger charge is -2.19. The van der Waals surface area contributed by atoms with Crippen molar-refractivity contribution in [1.29, 1.82) is 0 Å². The van der Waals surface area contributed by atoms with Gasteiger partial charge in [0.1, 0.15) is 5.75 Å². The average Bonchev–Trinajstić information content (AvgIpc) is 2.82. The van der Waals surface area contributed by atoms with Gasteiger partial charge in [0.2, 0.25) is 5.91 Å². The fraction of sp³-hybridized carbons (Fsp3) is 0.321. The highest BCUT2D eigenvalue weighted by Gasteiger charge is 2.11. The molecule has 3 rings (SSSR count). The van der Waals surface area contributed by atoms with Crippen LogP contribution in [0.5, 0.6) is 5.75 Å². The predicted molar refractivity (Wildman–Crippen MR) is 132 cm³/mol. The van der Waals surface area contributed by atoms with Crippen molar-refractivity contribution in [2.24, 2.45) is 0 Å². The third kappa shape index (κ3) is 7.74. The number of amides is 1. The maximum absolute atomic E-state index is 12.3. The van der Waals surface area contributed by atoms with E-state index in [1.165, 1.54) is 5.56 Å². The van der Waals surface area contributed by atoms with E-state index in [9.17, 15) is 15.0 Å². The van der Waals surface area contributed by atoms with Crippen LogP contribution >= 0.6 is 0 Å². The standard InChI is InChI=1S/C28H34N2O3/c1-20(25-11-12-27(32)26(16-25)19-31)17-29-21(2)13-23-9-6-10-24(14-23)15-28(33)30-18-22-7-4-3-5-8-22/h3-12,14,16,20-21,29,31-32H,13,15,17-19H2,1-2H3,(H,30,33). The number of carbonyl (C=O) groups is 1. The van der Waals surface area contributed by atoms with Gasteiger partial charge in [-0.05, 0) is 53.6 Å². The van der Waals surface area contributed by atoms with Crippen LogP contribution in [0, 0.1) is 0 Å². The number of rotatable bonds is 11. The van der Waals surface area contributed by atoms with Crippen LogP contribution in [0.25, 0.3) is 0 Å². The van der Waals surface area contributed by atoms with Gasteiger partial charge in [-0.25, -0.2) is 0 Å². The second kappa shape index (κ2) is 12.2. The van der Waals surface area contributed by atoms with Gasteiger partial charge >= 0.3 is 0 Å². The number of hydrogen-bond acceptors (Lipinski definition) is 4. The van der Waals surface area contributed by atoms with E-state index in [2.05, 4.69) is 36.6 Å². The van der Waals surface area contributed by atoms with E-state index in [1.807, 2.05) is 54.6 Å². The summed E-state index contributed by atoms with van der Waals surface area (Å²) in [5.74, 6) is 0.397. The minimum absolute atomic E-state index is 0.0205. The molecule has 0 saturated heterocycles. The molecule has 0 spiro atoms. The molecule has 5 nitrogen and oxygen atoms in total. The van der Waals surface area contributed by atoms with Gasteiger partial charge in [-0.2, -0.15) is 0 Å². The SMILES string of the molecule is CC(Cc1cccc(CC(=O)NCc2ccccc2)c1)NCC(C)c1ccc(O)c(CO)c1. The number of phenols is 1. The molecule has 2 unspecified atom stereocenters. The second-order valence-corrected chi connectivity index (χ2v) is 8.72. The number of aliphatic hydroxyl groups is 1. The van der Waals surface area contributed by atoms with Crippen LogP contribution in [0.1, 0.15) is 47.6 Å². The highest BCUT2D eigenvalue weighted by atomic mass is 16.3. The Hall–Kier alpha value is -3.15. The van der Waals surface area contributed by atoms with Crippen molar-refractivity contribution in [1.82, 2.24) is 10.6 Å². The van der Waals surface area contributed by atoms with Gasteiger partial charge < -0.3 is 20.8 Å². The fourth-order valence-corrected chi connectivity index (χ4v) is 3.87. The Morgan fingerprint density at radius 3 is 2.39 bits per heavy atom. The summed E-state index contributed by atoms with van der Waals surface area (Å²) in [6, 6.07) is 23.8. The molecule has 0 aromatic heterocycles. The van der Waals surface area contributed by atoms with E-state index in [0.717, 1.165) is 29.7 Å². The molecule has 2 atom stereocenters. The second-order valence-electron chi connectivity index (χ2n) is 8.72. The maximum Gasteiger partial charge on any atom is 0.224 e. The number of aliphatic hydroxyl groups excluding tert-OH is 1. The van der Waals surface area contributed by atoms with E-state index in [4.69, 9.17) is 0 Å². The van der Waals surface area contributed by atoms with Crippen molar-refractivity contribution in [2.75, 3.05) is 6.54 Å². The lowest BCUT2D eigenvalue weighted by atomic mass is 9.97. The largest absolute Gasteiger partial charge is 0.508 e. The van der Waals surface area contributed by atoms with Crippen LogP contribution < -0.4 is 10.6 Å². The smallest absolute Gasteiger partial charge is 0.224 e. The van der Waals surface area contributed by atoms with Crippen LogP contribution in [0.3, 0.4) is 0 Å². The number of carbonyl (C=O) groups excluding carboxylic acids is 1. The third-order valence-electron chi connectivity index (χ3n) is 5.85. The van der Waals surface area contributed by atoms with Crippen LogP contribution in [-0.4, -0.2) is 28.7 Å². The molecule has 0 heterocycles. The molecule has 0 radical (unpaired) electrons. The molecule has 5 heteroatoms. The summed E-state index contributed by atoms with van der Waals surface area (Å²) in [4.78, 5) is 12.3. The topological polar surface area (TPSA) is 81.6 Å². The minimum atomic E-state index is -0.170. The first-order valence-electron chi connectivity index (χ1n) is 11.5. The van der Waals surface area contributed by atoms with Crippen molar-refractivity contribution in [3.63, 3.8) is 0 Å². The van der Waals surface area contributed by atoms with Crippen molar-refractivity contribution in [3.05, 3.63) is 101 Å². The molecule has 0 fully saturated rings. The summed E-state index contributed by atoms with van der Waals surface area (Å²) in [6.07, 6.45) is 1.23.